The molecule has 5 nitrogen and oxygen atoms in total. The molecular weight excluding hydrogens is 242 g/mol. The van der Waals surface area contributed by atoms with E-state index in [-0.39, 0.29) is 6.10 Å². The molecule has 0 spiro atoms. The molecule has 0 bridgehead atoms. The van der Waals surface area contributed by atoms with Gasteiger partial charge in [0, 0.05) is 13.5 Å². The summed E-state index contributed by atoms with van der Waals surface area (Å²) >= 11 is 0. The summed E-state index contributed by atoms with van der Waals surface area (Å²) in [7, 11) is 0. The van der Waals surface area contributed by atoms with Gasteiger partial charge in [-0.2, -0.15) is 0 Å². The predicted molar refractivity (Wildman–Crippen MR) is 71.1 cm³/mol. The molecule has 2 heterocycles. The standard InChI is InChI=1S/C14H17N3O2/c1-10-5-3-4-6-12(10)13-9-17(7-8-18-13)14-16-15-11(2)19-14/h3-6,13H,7-9H2,1-2H3. The molecule has 0 aliphatic carbocycles. The van der Waals surface area contributed by atoms with Crippen molar-refractivity contribution in [2.24, 2.45) is 0 Å². The lowest BCUT2D eigenvalue weighted by Crippen LogP contribution is -2.38. The monoisotopic (exact) mass is 259 g/mol. The smallest absolute Gasteiger partial charge is 0.318 e. The largest absolute Gasteiger partial charge is 0.408 e. The molecule has 0 amide bonds. The number of rotatable bonds is 2. The minimum atomic E-state index is 0.0576. The van der Waals surface area contributed by atoms with Crippen molar-refractivity contribution in [3.05, 3.63) is 41.3 Å². The topological polar surface area (TPSA) is 51.4 Å². The third kappa shape index (κ3) is 2.46. The van der Waals surface area contributed by atoms with Crippen molar-refractivity contribution in [3.63, 3.8) is 0 Å². The maximum atomic E-state index is 5.87. The molecule has 0 saturated carbocycles. The van der Waals surface area contributed by atoms with E-state index >= 15 is 0 Å². The van der Waals surface area contributed by atoms with Crippen molar-refractivity contribution < 1.29 is 9.15 Å². The maximum Gasteiger partial charge on any atom is 0.318 e. The summed E-state index contributed by atoms with van der Waals surface area (Å²) < 4.78 is 11.4. The van der Waals surface area contributed by atoms with E-state index in [1.165, 1.54) is 11.1 Å². The van der Waals surface area contributed by atoms with Crippen LogP contribution in [0.15, 0.2) is 28.7 Å². The highest BCUT2D eigenvalue weighted by atomic mass is 16.5. The van der Waals surface area contributed by atoms with Crippen LogP contribution >= 0.6 is 0 Å². The van der Waals surface area contributed by atoms with Gasteiger partial charge in [-0.3, -0.25) is 0 Å². The zero-order valence-electron chi connectivity index (χ0n) is 11.2. The van der Waals surface area contributed by atoms with Gasteiger partial charge < -0.3 is 14.1 Å². The Morgan fingerprint density at radius 1 is 1.21 bits per heavy atom. The quantitative estimate of drug-likeness (QED) is 0.828. The van der Waals surface area contributed by atoms with E-state index < -0.39 is 0 Å². The molecular formula is C14H17N3O2. The molecule has 2 aromatic rings. The lowest BCUT2D eigenvalue weighted by Gasteiger charge is -2.32. The number of morpholine rings is 1. The first-order valence-electron chi connectivity index (χ1n) is 6.46. The van der Waals surface area contributed by atoms with Crippen LogP contribution in [0, 0.1) is 13.8 Å². The van der Waals surface area contributed by atoms with Gasteiger partial charge in [0.2, 0.25) is 5.89 Å². The second-order valence-corrected chi connectivity index (χ2v) is 4.77. The first-order chi connectivity index (χ1) is 9.24. The van der Waals surface area contributed by atoms with Gasteiger partial charge in [-0.05, 0) is 18.1 Å². The van der Waals surface area contributed by atoms with Crippen molar-refractivity contribution in [3.8, 4) is 0 Å². The minimum Gasteiger partial charge on any atom is -0.408 e. The zero-order chi connectivity index (χ0) is 13.2. The third-order valence-electron chi connectivity index (χ3n) is 3.39. The van der Waals surface area contributed by atoms with Gasteiger partial charge in [0.25, 0.3) is 0 Å². The maximum absolute atomic E-state index is 5.87. The van der Waals surface area contributed by atoms with Crippen LogP contribution < -0.4 is 4.90 Å². The van der Waals surface area contributed by atoms with Gasteiger partial charge in [-0.15, -0.1) is 5.10 Å². The Labute approximate surface area is 112 Å². The van der Waals surface area contributed by atoms with Crippen LogP contribution in [-0.2, 0) is 4.74 Å². The fourth-order valence-corrected chi connectivity index (χ4v) is 2.37. The van der Waals surface area contributed by atoms with Crippen LogP contribution in [0.5, 0.6) is 0 Å². The van der Waals surface area contributed by atoms with Crippen molar-refractivity contribution in [1.82, 2.24) is 10.2 Å². The molecule has 1 saturated heterocycles. The van der Waals surface area contributed by atoms with Gasteiger partial charge in [-0.1, -0.05) is 29.4 Å². The molecule has 19 heavy (non-hydrogen) atoms. The first-order valence-corrected chi connectivity index (χ1v) is 6.46. The molecule has 1 aliphatic heterocycles. The molecule has 1 fully saturated rings. The van der Waals surface area contributed by atoms with E-state index in [1.807, 2.05) is 12.1 Å². The number of aryl methyl sites for hydroxylation is 2. The number of ether oxygens (including phenoxy) is 1. The van der Waals surface area contributed by atoms with Crippen LogP contribution in [-0.4, -0.2) is 29.9 Å². The molecule has 3 rings (SSSR count). The first kappa shape index (κ1) is 12.2. The van der Waals surface area contributed by atoms with E-state index in [0.717, 1.165) is 13.1 Å². The fraction of sp³-hybridized carbons (Fsp3) is 0.429. The molecule has 100 valence electrons. The Morgan fingerprint density at radius 3 is 2.79 bits per heavy atom. The van der Waals surface area contributed by atoms with Gasteiger partial charge in [0.15, 0.2) is 0 Å². The Balaban J connectivity index is 1.80. The van der Waals surface area contributed by atoms with E-state index in [2.05, 4.69) is 34.2 Å². The number of hydrogen-bond acceptors (Lipinski definition) is 5. The molecule has 5 heteroatoms. The summed E-state index contributed by atoms with van der Waals surface area (Å²) in [6.07, 6.45) is 0.0576. The molecule has 1 aromatic heterocycles. The summed E-state index contributed by atoms with van der Waals surface area (Å²) in [6.45, 7) is 6.10. The Kier molecular flexibility index (Phi) is 3.21. The SMILES string of the molecule is Cc1nnc(N2CCOC(c3ccccc3C)C2)o1. The van der Waals surface area contributed by atoms with E-state index in [4.69, 9.17) is 9.15 Å². The fourth-order valence-electron chi connectivity index (χ4n) is 2.37. The summed E-state index contributed by atoms with van der Waals surface area (Å²) in [4.78, 5) is 2.08. The highest BCUT2D eigenvalue weighted by Crippen LogP contribution is 2.27. The molecule has 1 atom stereocenters. The van der Waals surface area contributed by atoms with Crippen LogP contribution in [0.25, 0.3) is 0 Å². The van der Waals surface area contributed by atoms with Crippen molar-refractivity contribution in [2.75, 3.05) is 24.6 Å². The molecule has 1 unspecified atom stereocenters. The highest BCUT2D eigenvalue weighted by Gasteiger charge is 2.25. The molecule has 0 N–H and O–H groups in total. The Hall–Kier alpha value is -1.88. The second-order valence-electron chi connectivity index (χ2n) is 4.77. The van der Waals surface area contributed by atoms with Crippen molar-refractivity contribution >= 4 is 6.01 Å². The minimum absolute atomic E-state index is 0.0576. The third-order valence-corrected chi connectivity index (χ3v) is 3.39. The van der Waals surface area contributed by atoms with Crippen LogP contribution in [0.1, 0.15) is 23.1 Å². The number of benzene rings is 1. The summed E-state index contributed by atoms with van der Waals surface area (Å²) in [5.74, 6) is 0.592. The van der Waals surface area contributed by atoms with E-state index in [1.54, 1.807) is 6.92 Å². The summed E-state index contributed by atoms with van der Waals surface area (Å²) in [5.41, 5.74) is 2.47. The van der Waals surface area contributed by atoms with Crippen LogP contribution in [0.4, 0.5) is 6.01 Å². The number of hydrogen-bond donors (Lipinski definition) is 0. The van der Waals surface area contributed by atoms with Crippen molar-refractivity contribution in [2.45, 2.75) is 20.0 Å². The van der Waals surface area contributed by atoms with E-state index in [9.17, 15) is 0 Å². The average Bonchev–Trinajstić information content (AvgIpc) is 2.86. The normalized spacial score (nSPS) is 19.7. The lowest BCUT2D eigenvalue weighted by molar-refractivity contribution is 0.0376. The van der Waals surface area contributed by atoms with Crippen LogP contribution in [0.3, 0.4) is 0 Å². The van der Waals surface area contributed by atoms with Crippen molar-refractivity contribution in [1.29, 1.82) is 0 Å². The summed E-state index contributed by atoms with van der Waals surface area (Å²) in [6, 6.07) is 8.89. The molecule has 1 aliphatic rings. The number of nitrogens with zero attached hydrogens (tertiary/aromatic N) is 3. The number of anilines is 1. The van der Waals surface area contributed by atoms with Gasteiger partial charge in [-0.25, -0.2) is 0 Å². The Morgan fingerprint density at radius 2 is 2.05 bits per heavy atom. The highest BCUT2D eigenvalue weighted by molar-refractivity contribution is 5.32. The summed E-state index contributed by atoms with van der Waals surface area (Å²) in [5, 5.41) is 7.95. The Bertz CT molecular complexity index is 567. The van der Waals surface area contributed by atoms with Gasteiger partial charge in [0.1, 0.15) is 6.10 Å². The van der Waals surface area contributed by atoms with Gasteiger partial charge >= 0.3 is 6.01 Å². The molecule has 0 radical (unpaired) electrons. The van der Waals surface area contributed by atoms with Gasteiger partial charge in [0.05, 0.1) is 13.2 Å². The second kappa shape index (κ2) is 5.01. The molecule has 1 aromatic carbocycles. The zero-order valence-corrected chi connectivity index (χ0v) is 11.2. The van der Waals surface area contributed by atoms with Crippen LogP contribution in [0.2, 0.25) is 0 Å². The lowest BCUT2D eigenvalue weighted by atomic mass is 10.0. The predicted octanol–water partition coefficient (Wildman–Crippen LogP) is 2.26. The number of aromatic nitrogens is 2. The average molecular weight is 259 g/mol. The van der Waals surface area contributed by atoms with E-state index in [0.29, 0.717) is 18.5 Å².